The first-order valence-electron chi connectivity index (χ1n) is 7.21. The molecule has 3 aromatic rings. The highest BCUT2D eigenvalue weighted by atomic mass is 19.1. The number of nitrogens with zero attached hydrogens (tertiary/aromatic N) is 1. The predicted molar refractivity (Wildman–Crippen MR) is 86.8 cm³/mol. The zero-order valence-electron chi connectivity index (χ0n) is 12.3. The zero-order valence-corrected chi connectivity index (χ0v) is 12.3. The molecule has 0 unspecified atom stereocenters. The fourth-order valence-corrected chi connectivity index (χ4v) is 2.45. The number of carbonyl (C=O) groups is 1. The molecule has 0 atom stereocenters. The third-order valence-electron chi connectivity index (χ3n) is 3.53. The van der Waals surface area contributed by atoms with Gasteiger partial charge in [0.2, 0.25) is 0 Å². The first kappa shape index (κ1) is 15.0. The fraction of sp³-hybridized carbons (Fsp3) is 0.111. The molecule has 1 heterocycles. The molecule has 0 radical (unpaired) electrons. The molecular weight excluding hydrogens is 295 g/mol. The summed E-state index contributed by atoms with van der Waals surface area (Å²) in [5, 5.41) is 13.0. The highest BCUT2D eigenvalue weighted by Gasteiger charge is 2.09. The van der Waals surface area contributed by atoms with Crippen LogP contribution in [0.1, 0.15) is 11.3 Å². The van der Waals surface area contributed by atoms with E-state index in [1.807, 2.05) is 24.3 Å². The Labute approximate surface area is 132 Å². The van der Waals surface area contributed by atoms with Gasteiger partial charge in [0.15, 0.2) is 0 Å². The number of carboxylic acid groups (broad SMARTS) is 1. The summed E-state index contributed by atoms with van der Waals surface area (Å²) in [4.78, 5) is 15.3. The molecule has 0 bridgehead atoms. The van der Waals surface area contributed by atoms with Gasteiger partial charge in [0.05, 0.1) is 17.6 Å². The van der Waals surface area contributed by atoms with Gasteiger partial charge < -0.3 is 10.4 Å². The number of hydrogen-bond donors (Lipinski definition) is 2. The monoisotopic (exact) mass is 310 g/mol. The molecular formula is C18H15FN2O2. The van der Waals surface area contributed by atoms with Crippen LogP contribution in [-0.2, 0) is 17.8 Å². The number of aliphatic carboxylic acids is 1. The van der Waals surface area contributed by atoms with Crippen LogP contribution < -0.4 is 5.32 Å². The Kier molecular flexibility index (Phi) is 4.19. The maximum atomic E-state index is 13.7. The molecule has 0 saturated carbocycles. The van der Waals surface area contributed by atoms with Crippen molar-refractivity contribution in [3.05, 3.63) is 71.7 Å². The number of nitrogens with one attached hydrogen (secondary N) is 1. The van der Waals surface area contributed by atoms with E-state index in [4.69, 9.17) is 5.11 Å². The smallest absolute Gasteiger partial charge is 0.309 e. The van der Waals surface area contributed by atoms with Crippen LogP contribution in [0.5, 0.6) is 0 Å². The summed E-state index contributed by atoms with van der Waals surface area (Å²) in [7, 11) is 0. The maximum absolute atomic E-state index is 13.7. The van der Waals surface area contributed by atoms with Crippen molar-refractivity contribution in [1.29, 1.82) is 0 Å². The largest absolute Gasteiger partial charge is 0.481 e. The summed E-state index contributed by atoms with van der Waals surface area (Å²) < 4.78 is 13.7. The minimum absolute atomic E-state index is 0.154. The van der Waals surface area contributed by atoms with Gasteiger partial charge in [-0.3, -0.25) is 9.78 Å². The van der Waals surface area contributed by atoms with Crippen molar-refractivity contribution >= 4 is 22.6 Å². The lowest BCUT2D eigenvalue weighted by molar-refractivity contribution is -0.136. The molecule has 23 heavy (non-hydrogen) atoms. The Hall–Kier alpha value is -2.95. The van der Waals surface area contributed by atoms with Gasteiger partial charge in [-0.25, -0.2) is 4.39 Å². The van der Waals surface area contributed by atoms with E-state index in [2.05, 4.69) is 10.3 Å². The number of benzene rings is 2. The highest BCUT2D eigenvalue weighted by Crippen LogP contribution is 2.24. The normalized spacial score (nSPS) is 10.7. The summed E-state index contributed by atoms with van der Waals surface area (Å²) in [6, 6.07) is 15.7. The van der Waals surface area contributed by atoms with Crippen molar-refractivity contribution in [2.45, 2.75) is 13.0 Å². The molecule has 1 aromatic heterocycles. The Morgan fingerprint density at radius 1 is 1.13 bits per heavy atom. The average molecular weight is 310 g/mol. The van der Waals surface area contributed by atoms with Crippen molar-refractivity contribution in [1.82, 2.24) is 4.98 Å². The molecule has 3 rings (SSSR count). The molecule has 0 aliphatic carbocycles. The SMILES string of the molecule is O=C(O)Cc1cc(NCc2ccccc2F)c2ccccc2n1. The summed E-state index contributed by atoms with van der Waals surface area (Å²) in [6.45, 7) is 0.313. The summed E-state index contributed by atoms with van der Waals surface area (Å²) in [5.41, 5.74) is 2.47. The fourth-order valence-electron chi connectivity index (χ4n) is 2.45. The summed E-state index contributed by atoms with van der Waals surface area (Å²) in [5.74, 6) is -1.21. The van der Waals surface area contributed by atoms with Gasteiger partial charge in [0, 0.05) is 23.2 Å². The highest BCUT2D eigenvalue weighted by molar-refractivity contribution is 5.91. The van der Waals surface area contributed by atoms with Crippen LogP contribution >= 0.6 is 0 Å². The van der Waals surface area contributed by atoms with E-state index in [0.717, 1.165) is 11.1 Å². The predicted octanol–water partition coefficient (Wildman–Crippen LogP) is 3.61. The molecule has 0 aliphatic heterocycles. The molecule has 0 spiro atoms. The summed E-state index contributed by atoms with van der Waals surface area (Å²) >= 11 is 0. The van der Waals surface area contributed by atoms with Crippen LogP contribution in [0.2, 0.25) is 0 Å². The Morgan fingerprint density at radius 3 is 2.65 bits per heavy atom. The maximum Gasteiger partial charge on any atom is 0.309 e. The average Bonchev–Trinajstić information content (AvgIpc) is 2.53. The van der Waals surface area contributed by atoms with Crippen LogP contribution in [0.15, 0.2) is 54.6 Å². The van der Waals surface area contributed by atoms with Crippen molar-refractivity contribution in [3.63, 3.8) is 0 Å². The third-order valence-corrected chi connectivity index (χ3v) is 3.53. The van der Waals surface area contributed by atoms with Crippen molar-refractivity contribution < 1.29 is 14.3 Å². The lowest BCUT2D eigenvalue weighted by Gasteiger charge is -2.12. The second-order valence-corrected chi connectivity index (χ2v) is 5.19. The number of pyridine rings is 1. The van der Waals surface area contributed by atoms with E-state index < -0.39 is 5.97 Å². The van der Waals surface area contributed by atoms with E-state index >= 15 is 0 Å². The number of aromatic nitrogens is 1. The number of rotatable bonds is 5. The van der Waals surface area contributed by atoms with Gasteiger partial charge in [-0.2, -0.15) is 0 Å². The first-order chi connectivity index (χ1) is 11.1. The van der Waals surface area contributed by atoms with Crippen molar-refractivity contribution in [2.24, 2.45) is 0 Å². The minimum Gasteiger partial charge on any atom is -0.481 e. The molecule has 4 nitrogen and oxygen atoms in total. The zero-order chi connectivity index (χ0) is 16.2. The minimum atomic E-state index is -0.937. The number of fused-ring (bicyclic) bond motifs is 1. The number of halogens is 1. The molecule has 116 valence electrons. The molecule has 0 amide bonds. The topological polar surface area (TPSA) is 62.2 Å². The van der Waals surface area contributed by atoms with Crippen LogP contribution in [0, 0.1) is 5.82 Å². The molecule has 2 aromatic carbocycles. The standard InChI is InChI=1S/C18H15FN2O2/c19-15-7-3-1-5-12(15)11-20-17-9-13(10-18(22)23)21-16-8-4-2-6-14(16)17/h1-9H,10-11H2,(H,20,21)(H,22,23). The van der Waals surface area contributed by atoms with Gasteiger partial charge in [-0.1, -0.05) is 36.4 Å². The Morgan fingerprint density at radius 2 is 1.87 bits per heavy atom. The van der Waals surface area contributed by atoms with Crippen LogP contribution in [0.25, 0.3) is 10.9 Å². The van der Waals surface area contributed by atoms with Crippen molar-refractivity contribution in [3.8, 4) is 0 Å². The van der Waals surface area contributed by atoms with E-state index in [0.29, 0.717) is 23.3 Å². The molecule has 5 heteroatoms. The second kappa shape index (κ2) is 6.44. The second-order valence-electron chi connectivity index (χ2n) is 5.19. The molecule has 2 N–H and O–H groups in total. The van der Waals surface area contributed by atoms with Gasteiger partial charge in [0.25, 0.3) is 0 Å². The Bertz CT molecular complexity index is 865. The number of hydrogen-bond acceptors (Lipinski definition) is 3. The Balaban J connectivity index is 1.95. The number of para-hydroxylation sites is 1. The summed E-state index contributed by atoms with van der Waals surface area (Å²) in [6.07, 6.45) is -0.154. The van der Waals surface area contributed by atoms with E-state index in [9.17, 15) is 9.18 Å². The van der Waals surface area contributed by atoms with Crippen LogP contribution in [0.3, 0.4) is 0 Å². The van der Waals surface area contributed by atoms with Crippen LogP contribution in [-0.4, -0.2) is 16.1 Å². The van der Waals surface area contributed by atoms with Gasteiger partial charge in [-0.15, -0.1) is 0 Å². The van der Waals surface area contributed by atoms with Gasteiger partial charge in [-0.05, 0) is 18.2 Å². The van der Waals surface area contributed by atoms with E-state index in [-0.39, 0.29) is 12.2 Å². The number of carboxylic acids is 1. The quantitative estimate of drug-likeness (QED) is 0.755. The van der Waals surface area contributed by atoms with Gasteiger partial charge >= 0.3 is 5.97 Å². The molecule has 0 aliphatic rings. The third kappa shape index (κ3) is 3.45. The molecule has 0 fully saturated rings. The van der Waals surface area contributed by atoms with Gasteiger partial charge in [0.1, 0.15) is 5.82 Å². The van der Waals surface area contributed by atoms with E-state index in [1.54, 1.807) is 24.3 Å². The number of anilines is 1. The lowest BCUT2D eigenvalue weighted by Crippen LogP contribution is -2.06. The first-order valence-corrected chi connectivity index (χ1v) is 7.21. The van der Waals surface area contributed by atoms with Crippen LogP contribution in [0.4, 0.5) is 10.1 Å². The lowest BCUT2D eigenvalue weighted by atomic mass is 10.1. The molecule has 0 saturated heterocycles. The van der Waals surface area contributed by atoms with E-state index in [1.165, 1.54) is 6.07 Å². The van der Waals surface area contributed by atoms with Crippen molar-refractivity contribution in [2.75, 3.05) is 5.32 Å².